The second-order valence-electron chi connectivity index (χ2n) is 5.51. The minimum Gasteiger partial charge on any atom is -0.135 e. The Hall–Kier alpha value is -2.09. The molecule has 0 nitrogen and oxygen atoms in total. The lowest BCUT2D eigenvalue weighted by atomic mass is 9.97. The van der Waals surface area contributed by atoms with Crippen molar-refractivity contribution in [2.24, 2.45) is 0 Å². The van der Waals surface area contributed by atoms with Crippen LogP contribution in [0.15, 0.2) is 66.7 Å². The van der Waals surface area contributed by atoms with Gasteiger partial charge in [-0.15, -0.1) is 11.3 Å². The van der Waals surface area contributed by atoms with Gasteiger partial charge in [-0.1, -0.05) is 66.2 Å². The van der Waals surface area contributed by atoms with Crippen LogP contribution in [0.4, 0.5) is 0 Å². The number of hydrogen-bond donors (Lipinski definition) is 0. The van der Waals surface area contributed by atoms with Crippen molar-refractivity contribution in [1.82, 2.24) is 0 Å². The quantitative estimate of drug-likeness (QED) is 0.269. The first-order chi connectivity index (χ1) is 10.8. The van der Waals surface area contributed by atoms with Crippen molar-refractivity contribution in [2.45, 2.75) is 0 Å². The Bertz CT molecular complexity index is 1180. The van der Waals surface area contributed by atoms with E-state index in [2.05, 4.69) is 54.6 Å². The summed E-state index contributed by atoms with van der Waals surface area (Å²) in [6, 6.07) is 23.4. The Labute approximate surface area is 136 Å². The molecule has 0 saturated carbocycles. The van der Waals surface area contributed by atoms with E-state index in [4.69, 9.17) is 11.6 Å². The van der Waals surface area contributed by atoms with E-state index in [0.717, 1.165) is 10.4 Å². The number of fused-ring (bicyclic) bond motifs is 8. The summed E-state index contributed by atoms with van der Waals surface area (Å²) < 4.78 is 2.68. The summed E-state index contributed by atoms with van der Waals surface area (Å²) in [6.45, 7) is 0. The van der Waals surface area contributed by atoms with Crippen LogP contribution in [0.1, 0.15) is 0 Å². The van der Waals surface area contributed by atoms with Crippen LogP contribution in [0, 0.1) is 0 Å². The standard InChI is InChI=1S/C20H11ClS/c21-16-10-5-9-15-18(16)12-6-1-2-7-13(12)20-19(15)14-8-3-4-11-17(14)22-20/h1-11H. The van der Waals surface area contributed by atoms with Gasteiger partial charge in [-0.05, 0) is 22.9 Å². The van der Waals surface area contributed by atoms with Crippen LogP contribution in [0.3, 0.4) is 0 Å². The third-order valence-corrected chi connectivity index (χ3v) is 5.84. The molecule has 0 N–H and O–H groups in total. The summed E-state index contributed by atoms with van der Waals surface area (Å²) in [6.07, 6.45) is 0. The topological polar surface area (TPSA) is 0 Å². The molecule has 1 aromatic heterocycles. The number of benzene rings is 4. The van der Waals surface area contributed by atoms with Crippen LogP contribution in [-0.4, -0.2) is 0 Å². The molecule has 104 valence electrons. The van der Waals surface area contributed by atoms with Crippen LogP contribution < -0.4 is 0 Å². The predicted molar refractivity (Wildman–Crippen MR) is 99.4 cm³/mol. The van der Waals surface area contributed by atoms with Crippen LogP contribution >= 0.6 is 22.9 Å². The fraction of sp³-hybridized carbons (Fsp3) is 0. The fourth-order valence-corrected chi connectivity index (χ4v) is 4.94. The van der Waals surface area contributed by atoms with E-state index in [1.165, 1.54) is 36.3 Å². The number of rotatable bonds is 0. The Morgan fingerprint density at radius 2 is 1.27 bits per heavy atom. The second-order valence-corrected chi connectivity index (χ2v) is 6.97. The van der Waals surface area contributed by atoms with Crippen molar-refractivity contribution in [3.8, 4) is 0 Å². The zero-order valence-electron chi connectivity index (χ0n) is 11.6. The zero-order chi connectivity index (χ0) is 14.7. The van der Waals surface area contributed by atoms with Crippen LogP contribution in [0.25, 0.3) is 41.7 Å². The molecule has 2 heteroatoms. The molecule has 1 heterocycles. The van der Waals surface area contributed by atoms with Gasteiger partial charge in [0.2, 0.25) is 0 Å². The first-order valence-electron chi connectivity index (χ1n) is 7.25. The average Bonchev–Trinajstić information content (AvgIpc) is 2.95. The molecule has 5 aromatic rings. The van der Waals surface area contributed by atoms with E-state index in [9.17, 15) is 0 Å². The van der Waals surface area contributed by atoms with Gasteiger partial charge in [-0.3, -0.25) is 0 Å². The van der Waals surface area contributed by atoms with E-state index in [1.807, 2.05) is 23.5 Å². The van der Waals surface area contributed by atoms with E-state index in [0.29, 0.717) is 0 Å². The van der Waals surface area contributed by atoms with Crippen molar-refractivity contribution in [1.29, 1.82) is 0 Å². The highest BCUT2D eigenvalue weighted by Gasteiger charge is 2.14. The van der Waals surface area contributed by atoms with Gasteiger partial charge in [0.05, 0.1) is 0 Å². The van der Waals surface area contributed by atoms with Crippen LogP contribution in [-0.2, 0) is 0 Å². The van der Waals surface area contributed by atoms with E-state index < -0.39 is 0 Å². The van der Waals surface area contributed by atoms with Gasteiger partial charge in [0.1, 0.15) is 0 Å². The van der Waals surface area contributed by atoms with Crippen molar-refractivity contribution in [3.05, 3.63) is 71.8 Å². The molecule has 5 rings (SSSR count). The molecule has 0 amide bonds. The molecular formula is C20H11ClS. The lowest BCUT2D eigenvalue weighted by Gasteiger charge is -2.08. The summed E-state index contributed by atoms with van der Waals surface area (Å²) in [7, 11) is 0. The Kier molecular flexibility index (Phi) is 2.52. The molecule has 0 saturated heterocycles. The lowest BCUT2D eigenvalue weighted by molar-refractivity contribution is 1.80. The molecule has 0 bridgehead atoms. The monoisotopic (exact) mass is 318 g/mol. The molecule has 0 radical (unpaired) electrons. The van der Waals surface area contributed by atoms with Crippen molar-refractivity contribution in [3.63, 3.8) is 0 Å². The third kappa shape index (κ3) is 1.53. The Morgan fingerprint density at radius 1 is 0.591 bits per heavy atom. The fourth-order valence-electron chi connectivity index (χ4n) is 3.41. The highest BCUT2D eigenvalue weighted by atomic mass is 35.5. The highest BCUT2D eigenvalue weighted by Crippen LogP contribution is 2.45. The maximum atomic E-state index is 6.56. The van der Waals surface area contributed by atoms with Gasteiger partial charge < -0.3 is 0 Å². The van der Waals surface area contributed by atoms with Gasteiger partial charge in [0.15, 0.2) is 0 Å². The SMILES string of the molecule is Clc1cccc2c1c1ccccc1c1sc3ccccc3c21. The molecule has 22 heavy (non-hydrogen) atoms. The Balaban J connectivity index is 2.26. The molecule has 0 aliphatic rings. The van der Waals surface area contributed by atoms with Crippen LogP contribution in [0.5, 0.6) is 0 Å². The summed E-state index contributed by atoms with van der Waals surface area (Å²) in [5.41, 5.74) is 0. The minimum atomic E-state index is 0.825. The third-order valence-electron chi connectivity index (χ3n) is 4.32. The van der Waals surface area contributed by atoms with Crippen molar-refractivity contribution >= 4 is 64.7 Å². The van der Waals surface area contributed by atoms with Crippen molar-refractivity contribution in [2.75, 3.05) is 0 Å². The molecule has 0 spiro atoms. The number of halogens is 1. The van der Waals surface area contributed by atoms with Gasteiger partial charge >= 0.3 is 0 Å². The largest absolute Gasteiger partial charge is 0.135 e. The van der Waals surface area contributed by atoms with E-state index in [1.54, 1.807) is 0 Å². The molecule has 4 aromatic carbocycles. The molecule has 0 aliphatic heterocycles. The number of hydrogen-bond acceptors (Lipinski definition) is 1. The van der Waals surface area contributed by atoms with Gasteiger partial charge in [-0.2, -0.15) is 0 Å². The average molecular weight is 319 g/mol. The molecule has 0 aliphatic carbocycles. The predicted octanol–water partition coefficient (Wildman–Crippen LogP) is 7.01. The first kappa shape index (κ1) is 12.5. The van der Waals surface area contributed by atoms with Crippen molar-refractivity contribution < 1.29 is 0 Å². The second kappa shape index (κ2) is 4.45. The Morgan fingerprint density at radius 3 is 2.14 bits per heavy atom. The lowest BCUT2D eigenvalue weighted by Crippen LogP contribution is -1.81. The van der Waals surface area contributed by atoms with Crippen LogP contribution in [0.2, 0.25) is 5.02 Å². The van der Waals surface area contributed by atoms with Gasteiger partial charge in [0.25, 0.3) is 0 Å². The molecule has 0 atom stereocenters. The van der Waals surface area contributed by atoms with E-state index in [-0.39, 0.29) is 0 Å². The van der Waals surface area contributed by atoms with Gasteiger partial charge in [0, 0.05) is 36.0 Å². The molecule has 0 unspecified atom stereocenters. The van der Waals surface area contributed by atoms with E-state index >= 15 is 0 Å². The smallest absolute Gasteiger partial charge is 0.0490 e. The number of thiophene rings is 1. The minimum absolute atomic E-state index is 0.825. The summed E-state index contributed by atoms with van der Waals surface area (Å²) in [4.78, 5) is 0. The molecule has 0 fully saturated rings. The highest BCUT2D eigenvalue weighted by molar-refractivity contribution is 7.27. The van der Waals surface area contributed by atoms with Gasteiger partial charge in [-0.25, -0.2) is 0 Å². The molecular weight excluding hydrogens is 308 g/mol. The zero-order valence-corrected chi connectivity index (χ0v) is 13.2. The maximum absolute atomic E-state index is 6.56. The summed E-state index contributed by atoms with van der Waals surface area (Å²) in [5.74, 6) is 0. The normalized spacial score (nSPS) is 11.9. The first-order valence-corrected chi connectivity index (χ1v) is 8.44. The summed E-state index contributed by atoms with van der Waals surface area (Å²) >= 11 is 8.43. The maximum Gasteiger partial charge on any atom is 0.0490 e. The summed E-state index contributed by atoms with van der Waals surface area (Å²) in [5, 5.41) is 8.42.